The number of halogens is 2. The van der Waals surface area contributed by atoms with E-state index in [9.17, 15) is 18.4 Å². The Hall–Kier alpha value is -2.22. The van der Waals surface area contributed by atoms with Crippen molar-refractivity contribution >= 4 is 11.9 Å². The number of urea groups is 1. The summed E-state index contributed by atoms with van der Waals surface area (Å²) in [4.78, 5) is 23.2. The largest absolute Gasteiger partial charge is 0.381 e. The summed E-state index contributed by atoms with van der Waals surface area (Å²) in [5.41, 5.74) is -0.627. The van der Waals surface area contributed by atoms with Gasteiger partial charge < -0.3 is 20.7 Å². The number of amides is 3. The van der Waals surface area contributed by atoms with Gasteiger partial charge in [-0.25, -0.2) is 13.6 Å². The van der Waals surface area contributed by atoms with Gasteiger partial charge in [0.25, 0.3) is 5.91 Å². The van der Waals surface area contributed by atoms with Crippen LogP contribution < -0.4 is 16.0 Å². The van der Waals surface area contributed by atoms with Gasteiger partial charge in [-0.1, -0.05) is 6.07 Å². The number of nitrogens with one attached hydrogen (secondary N) is 3. The predicted molar refractivity (Wildman–Crippen MR) is 79.0 cm³/mol. The van der Waals surface area contributed by atoms with Crippen LogP contribution in [0.4, 0.5) is 13.6 Å². The molecule has 8 heteroatoms. The fourth-order valence-corrected chi connectivity index (χ4v) is 2.20. The summed E-state index contributed by atoms with van der Waals surface area (Å²) < 4.78 is 32.0. The van der Waals surface area contributed by atoms with Crippen molar-refractivity contribution in [2.24, 2.45) is 5.92 Å². The molecule has 1 aromatic rings. The molecule has 0 radical (unpaired) electrons. The summed E-state index contributed by atoms with van der Waals surface area (Å²) in [6.45, 7) is 2.09. The van der Waals surface area contributed by atoms with Crippen LogP contribution in [-0.2, 0) is 4.74 Å². The average Bonchev–Trinajstić information content (AvgIpc) is 3.03. The van der Waals surface area contributed by atoms with E-state index < -0.39 is 23.1 Å². The molecule has 0 spiro atoms. The molecule has 2 rings (SSSR count). The van der Waals surface area contributed by atoms with E-state index in [1.165, 1.54) is 6.07 Å². The van der Waals surface area contributed by atoms with Gasteiger partial charge in [0.1, 0.15) is 17.2 Å². The molecule has 6 nitrogen and oxygen atoms in total. The highest BCUT2D eigenvalue weighted by atomic mass is 19.1. The van der Waals surface area contributed by atoms with Crippen LogP contribution in [0, 0.1) is 17.6 Å². The molecule has 126 valence electrons. The van der Waals surface area contributed by atoms with Crippen molar-refractivity contribution in [3.05, 3.63) is 35.4 Å². The molecule has 3 amide bonds. The molecule has 0 unspecified atom stereocenters. The standard InChI is InChI=1S/C15H19F2N3O3/c16-11-2-1-3-12(17)13(11)14(21)18-5-6-19-15(22)20-8-10-4-7-23-9-10/h1-3,10H,4-9H2,(H,18,21)(H2,19,20,22)/t10-/m1/s1. The van der Waals surface area contributed by atoms with Crippen LogP contribution in [0.5, 0.6) is 0 Å². The Bertz CT molecular complexity index is 543. The molecular formula is C15H19F2N3O3. The SMILES string of the molecule is O=C(NCCNC(=O)c1c(F)cccc1F)NC[C@H]1CCOC1. The number of carbonyl (C=O) groups is 2. The lowest BCUT2D eigenvalue weighted by Crippen LogP contribution is -2.42. The number of hydrogen-bond acceptors (Lipinski definition) is 3. The van der Waals surface area contributed by atoms with Crippen molar-refractivity contribution in [2.75, 3.05) is 32.8 Å². The number of carbonyl (C=O) groups excluding carboxylic acids is 2. The van der Waals surface area contributed by atoms with Crippen LogP contribution in [0.1, 0.15) is 16.8 Å². The van der Waals surface area contributed by atoms with Gasteiger partial charge in [0.2, 0.25) is 0 Å². The summed E-state index contributed by atoms with van der Waals surface area (Å²) in [7, 11) is 0. The van der Waals surface area contributed by atoms with Crippen LogP contribution in [0.3, 0.4) is 0 Å². The normalized spacial score (nSPS) is 16.9. The molecule has 0 aliphatic carbocycles. The highest BCUT2D eigenvalue weighted by Crippen LogP contribution is 2.11. The first kappa shape index (κ1) is 17.1. The molecule has 1 aliphatic rings. The zero-order valence-electron chi connectivity index (χ0n) is 12.5. The van der Waals surface area contributed by atoms with E-state index in [-0.39, 0.29) is 19.1 Å². The lowest BCUT2D eigenvalue weighted by atomic mass is 10.1. The van der Waals surface area contributed by atoms with Gasteiger partial charge in [0.05, 0.1) is 6.61 Å². The number of benzene rings is 1. The van der Waals surface area contributed by atoms with Crippen LogP contribution in [-0.4, -0.2) is 44.8 Å². The minimum Gasteiger partial charge on any atom is -0.381 e. The smallest absolute Gasteiger partial charge is 0.314 e. The van der Waals surface area contributed by atoms with Crippen molar-refractivity contribution in [3.8, 4) is 0 Å². The third kappa shape index (κ3) is 5.17. The molecule has 0 bridgehead atoms. The molecule has 23 heavy (non-hydrogen) atoms. The Balaban J connectivity index is 1.64. The predicted octanol–water partition coefficient (Wildman–Crippen LogP) is 1.03. The monoisotopic (exact) mass is 327 g/mol. The van der Waals surface area contributed by atoms with Crippen molar-refractivity contribution in [1.29, 1.82) is 0 Å². The minimum atomic E-state index is -0.924. The molecule has 0 aromatic heterocycles. The molecule has 3 N–H and O–H groups in total. The molecule has 1 aromatic carbocycles. The third-order valence-corrected chi connectivity index (χ3v) is 3.46. The maximum absolute atomic E-state index is 13.4. The first-order valence-electron chi connectivity index (χ1n) is 7.39. The van der Waals surface area contributed by atoms with Crippen LogP contribution in [0.15, 0.2) is 18.2 Å². The van der Waals surface area contributed by atoms with Crippen molar-refractivity contribution < 1.29 is 23.1 Å². The fourth-order valence-electron chi connectivity index (χ4n) is 2.20. The molecule has 1 fully saturated rings. The van der Waals surface area contributed by atoms with Gasteiger partial charge >= 0.3 is 6.03 Å². The molecule has 1 atom stereocenters. The number of hydrogen-bond donors (Lipinski definition) is 3. The first-order valence-corrected chi connectivity index (χ1v) is 7.39. The summed E-state index contributed by atoms with van der Waals surface area (Å²) in [6, 6.07) is 2.85. The van der Waals surface area contributed by atoms with E-state index >= 15 is 0 Å². The van der Waals surface area contributed by atoms with Crippen molar-refractivity contribution in [3.63, 3.8) is 0 Å². The zero-order valence-corrected chi connectivity index (χ0v) is 12.5. The zero-order chi connectivity index (χ0) is 16.7. The highest BCUT2D eigenvalue weighted by Gasteiger charge is 2.17. The third-order valence-electron chi connectivity index (χ3n) is 3.46. The Kier molecular flexibility index (Phi) is 6.28. The Labute approximate surface area is 132 Å². The molecular weight excluding hydrogens is 308 g/mol. The van der Waals surface area contributed by atoms with Gasteiger partial charge in [-0.2, -0.15) is 0 Å². The van der Waals surface area contributed by atoms with E-state index in [2.05, 4.69) is 16.0 Å². The second-order valence-electron chi connectivity index (χ2n) is 5.22. The second-order valence-corrected chi connectivity index (χ2v) is 5.22. The summed E-state index contributed by atoms with van der Waals surface area (Å²) >= 11 is 0. The topological polar surface area (TPSA) is 79.5 Å². The van der Waals surface area contributed by atoms with E-state index in [0.29, 0.717) is 25.7 Å². The summed E-state index contributed by atoms with van der Waals surface area (Å²) in [6.07, 6.45) is 0.921. The maximum Gasteiger partial charge on any atom is 0.314 e. The Morgan fingerprint density at radius 1 is 1.13 bits per heavy atom. The molecule has 0 saturated carbocycles. The summed E-state index contributed by atoms with van der Waals surface area (Å²) in [5, 5.41) is 7.60. The van der Waals surface area contributed by atoms with E-state index in [0.717, 1.165) is 18.6 Å². The lowest BCUT2D eigenvalue weighted by molar-refractivity contribution is 0.0945. The van der Waals surface area contributed by atoms with Crippen molar-refractivity contribution in [2.45, 2.75) is 6.42 Å². The molecule has 1 saturated heterocycles. The average molecular weight is 327 g/mol. The van der Waals surface area contributed by atoms with Gasteiger partial charge in [-0.3, -0.25) is 4.79 Å². The van der Waals surface area contributed by atoms with Gasteiger partial charge in [0, 0.05) is 32.2 Å². The fraction of sp³-hybridized carbons (Fsp3) is 0.467. The molecule has 1 heterocycles. The number of ether oxygens (including phenoxy) is 1. The minimum absolute atomic E-state index is 0.0621. The van der Waals surface area contributed by atoms with E-state index in [1.54, 1.807) is 0 Å². The second kappa shape index (κ2) is 8.42. The van der Waals surface area contributed by atoms with Gasteiger partial charge in [-0.15, -0.1) is 0 Å². The van der Waals surface area contributed by atoms with E-state index in [4.69, 9.17) is 4.74 Å². The first-order chi connectivity index (χ1) is 11.1. The Morgan fingerprint density at radius 3 is 2.48 bits per heavy atom. The van der Waals surface area contributed by atoms with Gasteiger partial charge in [0.15, 0.2) is 0 Å². The van der Waals surface area contributed by atoms with Crippen molar-refractivity contribution in [1.82, 2.24) is 16.0 Å². The van der Waals surface area contributed by atoms with Crippen LogP contribution in [0.25, 0.3) is 0 Å². The van der Waals surface area contributed by atoms with Gasteiger partial charge in [-0.05, 0) is 18.6 Å². The van der Waals surface area contributed by atoms with Crippen LogP contribution in [0.2, 0.25) is 0 Å². The van der Waals surface area contributed by atoms with Crippen LogP contribution >= 0.6 is 0 Å². The Morgan fingerprint density at radius 2 is 1.83 bits per heavy atom. The lowest BCUT2D eigenvalue weighted by Gasteiger charge is -2.11. The number of rotatable bonds is 6. The maximum atomic E-state index is 13.4. The summed E-state index contributed by atoms with van der Waals surface area (Å²) in [5.74, 6) is -2.38. The highest BCUT2D eigenvalue weighted by molar-refractivity contribution is 5.94. The molecule has 1 aliphatic heterocycles. The quantitative estimate of drug-likeness (QED) is 0.683. The van der Waals surface area contributed by atoms with E-state index in [1.807, 2.05) is 0 Å².